The number of aryl methyl sites for hydroxylation is 2. The molecule has 19 heavy (non-hydrogen) atoms. The Morgan fingerprint density at radius 3 is 2.63 bits per heavy atom. The lowest BCUT2D eigenvalue weighted by Crippen LogP contribution is -2.09. The zero-order valence-corrected chi connectivity index (χ0v) is 11.6. The molecule has 1 aromatic heterocycles. The van der Waals surface area contributed by atoms with Crippen LogP contribution in [0.5, 0.6) is 0 Å². The first-order valence-electron chi connectivity index (χ1n) is 6.95. The molecule has 1 aliphatic carbocycles. The highest BCUT2D eigenvalue weighted by Gasteiger charge is 2.23. The van der Waals surface area contributed by atoms with Gasteiger partial charge in [-0.2, -0.15) is 0 Å². The summed E-state index contributed by atoms with van der Waals surface area (Å²) in [6.45, 7) is 4.10. The Bertz CT molecular complexity index is 594. The zero-order valence-electron chi connectivity index (χ0n) is 11.6. The summed E-state index contributed by atoms with van der Waals surface area (Å²) in [5.41, 5.74) is 9.10. The number of nitrogen functional groups attached to an aromatic ring is 1. The van der Waals surface area contributed by atoms with Gasteiger partial charge in [-0.25, -0.2) is 0 Å². The van der Waals surface area contributed by atoms with E-state index in [1.807, 2.05) is 19.1 Å². The van der Waals surface area contributed by atoms with E-state index in [9.17, 15) is 0 Å². The molecule has 3 rings (SSSR count). The number of aromatic nitrogens is 3. The molecule has 2 N–H and O–H groups in total. The number of nitrogens with zero attached hydrogens (tertiary/aromatic N) is 3. The van der Waals surface area contributed by atoms with Crippen molar-refractivity contribution in [2.75, 3.05) is 5.73 Å². The monoisotopic (exact) mass is 256 g/mol. The van der Waals surface area contributed by atoms with Crippen molar-refractivity contribution in [3.63, 3.8) is 0 Å². The van der Waals surface area contributed by atoms with Crippen LogP contribution in [0.15, 0.2) is 18.2 Å². The third-order valence-corrected chi connectivity index (χ3v) is 4.01. The second kappa shape index (κ2) is 4.68. The minimum Gasteiger partial charge on any atom is -0.398 e. The van der Waals surface area contributed by atoms with E-state index in [-0.39, 0.29) is 0 Å². The summed E-state index contributed by atoms with van der Waals surface area (Å²) in [6, 6.07) is 6.62. The molecule has 0 atom stereocenters. The molecular weight excluding hydrogens is 236 g/mol. The van der Waals surface area contributed by atoms with Gasteiger partial charge in [-0.1, -0.05) is 24.5 Å². The lowest BCUT2D eigenvalue weighted by Gasteiger charge is -2.16. The molecule has 1 fully saturated rings. The van der Waals surface area contributed by atoms with Gasteiger partial charge in [-0.05, 0) is 38.8 Å². The van der Waals surface area contributed by atoms with Crippen LogP contribution < -0.4 is 5.73 Å². The molecule has 0 spiro atoms. The van der Waals surface area contributed by atoms with Gasteiger partial charge in [0.05, 0.1) is 0 Å². The van der Waals surface area contributed by atoms with E-state index in [1.54, 1.807) is 0 Å². The maximum Gasteiger partial charge on any atom is 0.166 e. The molecule has 100 valence electrons. The van der Waals surface area contributed by atoms with Crippen molar-refractivity contribution in [1.29, 1.82) is 0 Å². The predicted octanol–water partition coefficient (Wildman–Crippen LogP) is 3.26. The van der Waals surface area contributed by atoms with Crippen LogP contribution in [-0.2, 0) is 0 Å². The van der Waals surface area contributed by atoms with Crippen molar-refractivity contribution in [3.05, 3.63) is 29.6 Å². The van der Waals surface area contributed by atoms with E-state index < -0.39 is 0 Å². The first kappa shape index (κ1) is 12.2. The highest BCUT2D eigenvalue weighted by atomic mass is 15.3. The van der Waals surface area contributed by atoms with Crippen molar-refractivity contribution < 1.29 is 0 Å². The van der Waals surface area contributed by atoms with Crippen molar-refractivity contribution in [2.45, 2.75) is 45.6 Å². The molecule has 4 heteroatoms. The lowest BCUT2D eigenvalue weighted by atomic mass is 10.1. The minimum absolute atomic E-state index is 0.532. The third kappa shape index (κ3) is 2.11. The van der Waals surface area contributed by atoms with Gasteiger partial charge in [-0.3, -0.25) is 0 Å². The van der Waals surface area contributed by atoms with Crippen LogP contribution in [0.3, 0.4) is 0 Å². The van der Waals surface area contributed by atoms with Crippen LogP contribution in [0.2, 0.25) is 0 Å². The van der Waals surface area contributed by atoms with E-state index in [2.05, 4.69) is 27.8 Å². The maximum absolute atomic E-state index is 6.12. The van der Waals surface area contributed by atoms with Gasteiger partial charge in [0.15, 0.2) is 5.82 Å². The van der Waals surface area contributed by atoms with E-state index in [4.69, 9.17) is 5.73 Å². The minimum atomic E-state index is 0.532. The van der Waals surface area contributed by atoms with Crippen LogP contribution in [0.1, 0.15) is 43.1 Å². The van der Waals surface area contributed by atoms with Crippen molar-refractivity contribution in [3.8, 4) is 11.4 Å². The smallest absolute Gasteiger partial charge is 0.166 e. The lowest BCUT2D eigenvalue weighted by molar-refractivity contribution is 0.510. The molecular formula is C15H20N4. The summed E-state index contributed by atoms with van der Waals surface area (Å²) in [5, 5.41) is 8.63. The predicted molar refractivity (Wildman–Crippen MR) is 76.8 cm³/mol. The van der Waals surface area contributed by atoms with E-state index in [0.29, 0.717) is 6.04 Å². The Kier molecular flexibility index (Phi) is 3.01. The summed E-state index contributed by atoms with van der Waals surface area (Å²) in [5.74, 6) is 1.91. The topological polar surface area (TPSA) is 56.7 Å². The molecule has 0 aliphatic heterocycles. The largest absolute Gasteiger partial charge is 0.398 e. The second-order valence-electron chi connectivity index (χ2n) is 5.47. The van der Waals surface area contributed by atoms with Gasteiger partial charge in [-0.15, -0.1) is 10.2 Å². The summed E-state index contributed by atoms with van der Waals surface area (Å²) >= 11 is 0. The molecule has 1 heterocycles. The average Bonchev–Trinajstić information content (AvgIpc) is 3.01. The highest BCUT2D eigenvalue weighted by Crippen LogP contribution is 2.35. The number of hydrogen-bond acceptors (Lipinski definition) is 3. The van der Waals surface area contributed by atoms with E-state index in [1.165, 1.54) is 31.2 Å². The molecule has 4 nitrogen and oxygen atoms in total. The van der Waals surface area contributed by atoms with Crippen LogP contribution in [0.4, 0.5) is 5.69 Å². The van der Waals surface area contributed by atoms with E-state index >= 15 is 0 Å². The number of hydrogen-bond donors (Lipinski definition) is 1. The van der Waals surface area contributed by atoms with Gasteiger partial charge in [0.2, 0.25) is 0 Å². The molecule has 1 aliphatic rings. The van der Waals surface area contributed by atoms with E-state index in [0.717, 1.165) is 22.9 Å². The highest BCUT2D eigenvalue weighted by molar-refractivity contribution is 5.72. The van der Waals surface area contributed by atoms with Gasteiger partial charge in [0.1, 0.15) is 5.82 Å². The van der Waals surface area contributed by atoms with Gasteiger partial charge in [0, 0.05) is 17.3 Å². The van der Waals surface area contributed by atoms with Crippen LogP contribution in [0.25, 0.3) is 11.4 Å². The third-order valence-electron chi connectivity index (χ3n) is 4.01. The first-order valence-corrected chi connectivity index (χ1v) is 6.95. The molecule has 0 amide bonds. The quantitative estimate of drug-likeness (QED) is 0.839. The Morgan fingerprint density at radius 1 is 1.16 bits per heavy atom. The number of benzene rings is 1. The van der Waals surface area contributed by atoms with Crippen molar-refractivity contribution >= 4 is 5.69 Å². The molecule has 0 bridgehead atoms. The summed E-state index contributed by atoms with van der Waals surface area (Å²) < 4.78 is 2.28. The Labute approximate surface area is 113 Å². The summed E-state index contributed by atoms with van der Waals surface area (Å²) in [6.07, 6.45) is 5.03. The van der Waals surface area contributed by atoms with Gasteiger partial charge in [0.25, 0.3) is 0 Å². The molecule has 0 radical (unpaired) electrons. The first-order chi connectivity index (χ1) is 9.16. The zero-order chi connectivity index (χ0) is 13.4. The Morgan fingerprint density at radius 2 is 1.89 bits per heavy atom. The second-order valence-corrected chi connectivity index (χ2v) is 5.47. The van der Waals surface area contributed by atoms with Crippen LogP contribution in [0, 0.1) is 13.8 Å². The number of nitrogens with two attached hydrogens (primary N) is 1. The van der Waals surface area contributed by atoms with Crippen molar-refractivity contribution in [1.82, 2.24) is 14.8 Å². The maximum atomic E-state index is 6.12. The fraction of sp³-hybridized carbons (Fsp3) is 0.467. The summed E-state index contributed by atoms with van der Waals surface area (Å²) in [7, 11) is 0. The normalized spacial score (nSPS) is 16.1. The molecule has 1 aromatic carbocycles. The standard InChI is InChI=1S/C15H20N4/c1-10-7-8-14(16)13(9-10)15-18-17-11(2)19(15)12-5-3-4-6-12/h7-9,12H,3-6,16H2,1-2H3. The average molecular weight is 256 g/mol. The SMILES string of the molecule is Cc1ccc(N)c(-c2nnc(C)n2C2CCCC2)c1. The fourth-order valence-corrected chi connectivity index (χ4v) is 3.02. The summed E-state index contributed by atoms with van der Waals surface area (Å²) in [4.78, 5) is 0. The Balaban J connectivity index is 2.12. The molecule has 0 unspecified atom stereocenters. The van der Waals surface area contributed by atoms with Crippen LogP contribution in [-0.4, -0.2) is 14.8 Å². The number of anilines is 1. The van der Waals surface area contributed by atoms with Gasteiger partial charge >= 0.3 is 0 Å². The van der Waals surface area contributed by atoms with Gasteiger partial charge < -0.3 is 10.3 Å². The molecule has 2 aromatic rings. The van der Waals surface area contributed by atoms with Crippen molar-refractivity contribution in [2.24, 2.45) is 0 Å². The molecule has 0 saturated heterocycles. The Hall–Kier alpha value is -1.84. The number of rotatable bonds is 2. The molecule has 1 saturated carbocycles. The fourth-order valence-electron chi connectivity index (χ4n) is 3.02. The van der Waals surface area contributed by atoms with Crippen LogP contribution >= 0.6 is 0 Å².